The van der Waals surface area contributed by atoms with Gasteiger partial charge in [0.25, 0.3) is 0 Å². The highest BCUT2D eigenvalue weighted by Gasteiger charge is 2.15. The molecule has 0 fully saturated rings. The lowest BCUT2D eigenvalue weighted by molar-refractivity contribution is 0.413. The number of nitrogens with two attached hydrogens (primary N) is 1. The summed E-state index contributed by atoms with van der Waals surface area (Å²) < 4.78 is 18.9. The minimum Gasteiger partial charge on any atom is -0.496 e. The number of nitrogens with zero attached hydrogens (tertiary/aromatic N) is 1. The van der Waals surface area contributed by atoms with E-state index in [1.807, 2.05) is 6.92 Å². The highest BCUT2D eigenvalue weighted by molar-refractivity contribution is 7.10. The number of ether oxygens (including phenoxy) is 1. The smallest absolute Gasteiger partial charge is 0.136 e. The van der Waals surface area contributed by atoms with Gasteiger partial charge in [-0.2, -0.15) is 0 Å². The van der Waals surface area contributed by atoms with E-state index in [0.29, 0.717) is 17.0 Å². The molecular formula is C12H13FN2OS. The summed E-state index contributed by atoms with van der Waals surface area (Å²) >= 11 is 1.42. The lowest BCUT2D eigenvalue weighted by atomic mass is 10.1. The quantitative estimate of drug-likeness (QED) is 0.913. The van der Waals surface area contributed by atoms with Gasteiger partial charge < -0.3 is 10.5 Å². The third-order valence-corrected chi connectivity index (χ3v) is 3.41. The second-order valence-electron chi connectivity index (χ2n) is 3.68. The topological polar surface area (TPSA) is 48.1 Å². The molecule has 3 nitrogen and oxygen atoms in total. The van der Waals surface area contributed by atoms with E-state index >= 15 is 0 Å². The van der Waals surface area contributed by atoms with Gasteiger partial charge in [-0.3, -0.25) is 0 Å². The lowest BCUT2D eigenvalue weighted by Crippen LogP contribution is -2.04. The Morgan fingerprint density at radius 1 is 1.47 bits per heavy atom. The fourth-order valence-electron chi connectivity index (χ4n) is 1.53. The molecule has 1 atom stereocenters. The fourth-order valence-corrected chi connectivity index (χ4v) is 2.30. The fraction of sp³-hybridized carbons (Fsp3) is 0.250. The SMILES string of the molecule is COc1cccc(F)c1-c1csc(C(C)N)n1. The van der Waals surface area contributed by atoms with Crippen molar-refractivity contribution < 1.29 is 9.13 Å². The Hall–Kier alpha value is -1.46. The van der Waals surface area contributed by atoms with Gasteiger partial charge in [0.15, 0.2) is 0 Å². The van der Waals surface area contributed by atoms with Crippen molar-refractivity contribution in [1.82, 2.24) is 4.98 Å². The number of rotatable bonds is 3. The van der Waals surface area contributed by atoms with Crippen molar-refractivity contribution in [2.75, 3.05) is 7.11 Å². The third kappa shape index (κ3) is 2.30. The zero-order chi connectivity index (χ0) is 12.4. The Balaban J connectivity index is 2.51. The third-order valence-electron chi connectivity index (χ3n) is 2.36. The first-order valence-corrected chi connectivity index (χ1v) is 6.05. The second kappa shape index (κ2) is 4.81. The maximum Gasteiger partial charge on any atom is 0.136 e. The van der Waals surface area contributed by atoms with E-state index in [9.17, 15) is 4.39 Å². The van der Waals surface area contributed by atoms with Crippen LogP contribution in [0, 0.1) is 5.82 Å². The van der Waals surface area contributed by atoms with E-state index in [-0.39, 0.29) is 11.9 Å². The molecule has 2 N–H and O–H groups in total. The van der Waals surface area contributed by atoms with Crippen LogP contribution in [0.15, 0.2) is 23.6 Å². The number of thiazole rings is 1. The molecule has 5 heteroatoms. The van der Waals surface area contributed by atoms with Crippen molar-refractivity contribution in [3.05, 3.63) is 34.4 Å². The Morgan fingerprint density at radius 3 is 2.82 bits per heavy atom. The maximum atomic E-state index is 13.8. The summed E-state index contributed by atoms with van der Waals surface area (Å²) in [5.74, 6) is 0.136. The van der Waals surface area contributed by atoms with E-state index in [2.05, 4.69) is 4.98 Å². The van der Waals surface area contributed by atoms with Gasteiger partial charge in [0, 0.05) is 5.38 Å². The van der Waals surface area contributed by atoms with E-state index in [0.717, 1.165) is 5.01 Å². The molecule has 0 amide bonds. The van der Waals surface area contributed by atoms with Crippen molar-refractivity contribution in [2.45, 2.75) is 13.0 Å². The summed E-state index contributed by atoms with van der Waals surface area (Å²) in [6.07, 6.45) is 0. The first-order chi connectivity index (χ1) is 8.13. The standard InChI is InChI=1S/C12H13FN2OS/c1-7(14)12-15-9(6-17-12)11-8(13)4-3-5-10(11)16-2/h3-7H,14H2,1-2H3. The maximum absolute atomic E-state index is 13.8. The molecule has 0 aliphatic rings. The number of aromatic nitrogens is 1. The highest BCUT2D eigenvalue weighted by atomic mass is 32.1. The molecule has 1 unspecified atom stereocenters. The monoisotopic (exact) mass is 252 g/mol. The molecule has 0 saturated carbocycles. The van der Waals surface area contributed by atoms with Crippen molar-refractivity contribution in [1.29, 1.82) is 0 Å². The number of halogens is 1. The summed E-state index contributed by atoms with van der Waals surface area (Å²) in [6, 6.07) is 4.56. The van der Waals surface area contributed by atoms with Crippen LogP contribution in [0.4, 0.5) is 4.39 Å². The molecule has 0 aliphatic carbocycles. The number of hydrogen-bond donors (Lipinski definition) is 1. The summed E-state index contributed by atoms with van der Waals surface area (Å²) in [7, 11) is 1.51. The minimum atomic E-state index is -0.342. The van der Waals surface area contributed by atoms with Crippen LogP contribution in [-0.4, -0.2) is 12.1 Å². The van der Waals surface area contributed by atoms with Gasteiger partial charge in [0.1, 0.15) is 16.6 Å². The molecule has 90 valence electrons. The Morgan fingerprint density at radius 2 is 2.24 bits per heavy atom. The Labute approximate surface area is 103 Å². The largest absolute Gasteiger partial charge is 0.496 e. The number of methoxy groups -OCH3 is 1. The van der Waals surface area contributed by atoms with Gasteiger partial charge in [-0.15, -0.1) is 11.3 Å². The molecule has 0 aliphatic heterocycles. The van der Waals surface area contributed by atoms with Crippen LogP contribution in [0.5, 0.6) is 5.75 Å². The lowest BCUT2D eigenvalue weighted by Gasteiger charge is -2.06. The van der Waals surface area contributed by atoms with Crippen molar-refractivity contribution in [2.24, 2.45) is 5.73 Å². The summed E-state index contributed by atoms with van der Waals surface area (Å²) in [5, 5.41) is 2.57. The zero-order valence-corrected chi connectivity index (χ0v) is 10.4. The van der Waals surface area contributed by atoms with Crippen LogP contribution in [0.25, 0.3) is 11.3 Å². The average Bonchev–Trinajstić information content (AvgIpc) is 2.77. The van der Waals surface area contributed by atoms with Crippen molar-refractivity contribution >= 4 is 11.3 Å². The van der Waals surface area contributed by atoms with Crippen LogP contribution < -0.4 is 10.5 Å². The molecule has 1 aromatic carbocycles. The van der Waals surface area contributed by atoms with Crippen LogP contribution in [0.3, 0.4) is 0 Å². The molecule has 17 heavy (non-hydrogen) atoms. The molecule has 1 heterocycles. The Kier molecular flexibility index (Phi) is 3.40. The second-order valence-corrected chi connectivity index (χ2v) is 4.57. The van der Waals surface area contributed by atoms with Crippen LogP contribution in [-0.2, 0) is 0 Å². The van der Waals surface area contributed by atoms with Crippen LogP contribution in [0.1, 0.15) is 18.0 Å². The van der Waals surface area contributed by atoms with Crippen LogP contribution in [0.2, 0.25) is 0 Å². The van der Waals surface area contributed by atoms with E-state index < -0.39 is 0 Å². The van der Waals surface area contributed by atoms with Gasteiger partial charge in [0.2, 0.25) is 0 Å². The van der Waals surface area contributed by atoms with Gasteiger partial charge >= 0.3 is 0 Å². The van der Waals surface area contributed by atoms with Crippen molar-refractivity contribution in [3.8, 4) is 17.0 Å². The predicted octanol–water partition coefficient (Wildman–Crippen LogP) is 2.98. The molecular weight excluding hydrogens is 239 g/mol. The molecule has 2 rings (SSSR count). The summed E-state index contributed by atoms with van der Waals surface area (Å²) in [4.78, 5) is 4.32. The van der Waals surface area contributed by atoms with Crippen molar-refractivity contribution in [3.63, 3.8) is 0 Å². The normalized spacial score (nSPS) is 12.5. The number of benzene rings is 1. The molecule has 0 saturated heterocycles. The predicted molar refractivity (Wildman–Crippen MR) is 66.7 cm³/mol. The van der Waals surface area contributed by atoms with E-state index in [4.69, 9.17) is 10.5 Å². The van der Waals surface area contributed by atoms with E-state index in [1.54, 1.807) is 17.5 Å². The molecule has 0 bridgehead atoms. The summed E-state index contributed by atoms with van der Waals surface area (Å²) in [5.41, 5.74) is 6.69. The van der Waals surface area contributed by atoms with Gasteiger partial charge in [-0.05, 0) is 19.1 Å². The summed E-state index contributed by atoms with van der Waals surface area (Å²) in [6.45, 7) is 1.85. The molecule has 2 aromatic rings. The zero-order valence-electron chi connectivity index (χ0n) is 9.61. The molecule has 0 radical (unpaired) electrons. The van der Waals surface area contributed by atoms with Crippen LogP contribution >= 0.6 is 11.3 Å². The Bertz CT molecular complexity index is 525. The van der Waals surface area contributed by atoms with Gasteiger partial charge in [-0.1, -0.05) is 6.07 Å². The van der Waals surface area contributed by atoms with Gasteiger partial charge in [0.05, 0.1) is 24.4 Å². The van der Waals surface area contributed by atoms with Gasteiger partial charge in [-0.25, -0.2) is 9.37 Å². The minimum absolute atomic E-state index is 0.147. The average molecular weight is 252 g/mol. The first-order valence-electron chi connectivity index (χ1n) is 5.17. The highest BCUT2D eigenvalue weighted by Crippen LogP contribution is 2.33. The first kappa shape index (κ1) is 12.0. The molecule has 1 aromatic heterocycles. The number of hydrogen-bond acceptors (Lipinski definition) is 4. The molecule has 0 spiro atoms. The van der Waals surface area contributed by atoms with E-state index in [1.165, 1.54) is 24.5 Å².